The van der Waals surface area contributed by atoms with Crippen molar-refractivity contribution < 1.29 is 13.2 Å². The fourth-order valence-electron chi connectivity index (χ4n) is 2.18. The van der Waals surface area contributed by atoms with E-state index in [1.54, 1.807) is 12.1 Å². The van der Waals surface area contributed by atoms with E-state index in [4.69, 9.17) is 5.14 Å². The second-order valence-corrected chi connectivity index (χ2v) is 7.66. The van der Waals surface area contributed by atoms with E-state index in [1.165, 1.54) is 6.07 Å². The molecule has 1 amide bonds. The van der Waals surface area contributed by atoms with Gasteiger partial charge >= 0.3 is 0 Å². The van der Waals surface area contributed by atoms with Crippen molar-refractivity contribution in [3.63, 3.8) is 0 Å². The van der Waals surface area contributed by atoms with E-state index in [9.17, 15) is 13.2 Å². The first-order chi connectivity index (χ1) is 9.84. The van der Waals surface area contributed by atoms with Gasteiger partial charge in [-0.3, -0.25) is 4.79 Å². The highest BCUT2D eigenvalue weighted by Crippen LogP contribution is 2.30. The van der Waals surface area contributed by atoms with Crippen LogP contribution in [-0.2, 0) is 10.0 Å². The minimum atomic E-state index is -3.85. The largest absolute Gasteiger partial charge is 0.336 e. The molecule has 0 bridgehead atoms. The third-order valence-electron chi connectivity index (χ3n) is 3.49. The van der Waals surface area contributed by atoms with Gasteiger partial charge in [0.05, 0.1) is 4.90 Å². The van der Waals surface area contributed by atoms with Crippen LogP contribution >= 0.6 is 15.9 Å². The summed E-state index contributed by atoms with van der Waals surface area (Å²) in [7, 11) is -3.85. The van der Waals surface area contributed by atoms with Crippen LogP contribution in [0.5, 0.6) is 0 Å². The normalized spacial score (nSPS) is 15.0. The Balaban J connectivity index is 2.29. The maximum absolute atomic E-state index is 12.6. The lowest BCUT2D eigenvalue weighted by molar-refractivity contribution is 0.0740. The van der Waals surface area contributed by atoms with E-state index in [1.807, 2.05) is 4.90 Å². The lowest BCUT2D eigenvalue weighted by Gasteiger charge is -2.22. The summed E-state index contributed by atoms with van der Waals surface area (Å²) < 4.78 is 23.4. The number of sulfonamides is 1. The number of benzene rings is 1. The van der Waals surface area contributed by atoms with Crippen molar-refractivity contribution in [3.8, 4) is 0 Å². The molecule has 1 aromatic rings. The standard InChI is InChI=1S/C14H19BrN2O3S/c1-2-3-8-17(11-5-6-11)14(18)10-4-7-12(15)13(9-10)21(16,19)20/h4,7,9,11H,2-3,5-6,8H2,1H3,(H2,16,19,20). The summed E-state index contributed by atoms with van der Waals surface area (Å²) in [6.07, 6.45) is 4.00. The predicted molar refractivity (Wildman–Crippen MR) is 84.5 cm³/mol. The van der Waals surface area contributed by atoms with Crippen LogP contribution in [0.1, 0.15) is 43.0 Å². The van der Waals surface area contributed by atoms with Gasteiger partial charge in [-0.15, -0.1) is 0 Å². The van der Waals surface area contributed by atoms with E-state index >= 15 is 0 Å². The van der Waals surface area contributed by atoms with Crippen LogP contribution in [-0.4, -0.2) is 31.8 Å². The Morgan fingerprint density at radius 1 is 1.43 bits per heavy atom. The Hall–Kier alpha value is -0.920. The van der Waals surface area contributed by atoms with Gasteiger partial charge in [0.1, 0.15) is 0 Å². The van der Waals surface area contributed by atoms with Gasteiger partial charge in [0.25, 0.3) is 5.91 Å². The molecule has 0 aliphatic heterocycles. The molecule has 21 heavy (non-hydrogen) atoms. The van der Waals surface area contributed by atoms with Crippen molar-refractivity contribution in [2.24, 2.45) is 5.14 Å². The Morgan fingerprint density at radius 2 is 2.10 bits per heavy atom. The highest BCUT2D eigenvalue weighted by molar-refractivity contribution is 9.10. The van der Waals surface area contributed by atoms with Crippen molar-refractivity contribution in [1.82, 2.24) is 4.90 Å². The average molecular weight is 375 g/mol. The van der Waals surface area contributed by atoms with Crippen LogP contribution in [0, 0.1) is 0 Å². The average Bonchev–Trinajstić information content (AvgIpc) is 3.22. The summed E-state index contributed by atoms with van der Waals surface area (Å²) >= 11 is 3.15. The fraction of sp³-hybridized carbons (Fsp3) is 0.500. The highest BCUT2D eigenvalue weighted by atomic mass is 79.9. The number of nitrogens with two attached hydrogens (primary N) is 1. The molecule has 0 aromatic heterocycles. The summed E-state index contributed by atoms with van der Waals surface area (Å²) in [5, 5.41) is 5.17. The molecule has 0 spiro atoms. The van der Waals surface area contributed by atoms with Crippen molar-refractivity contribution >= 4 is 31.9 Å². The Labute approximate surface area is 133 Å². The van der Waals surface area contributed by atoms with Gasteiger partial charge in [-0.1, -0.05) is 13.3 Å². The van der Waals surface area contributed by atoms with E-state index in [0.717, 1.165) is 25.7 Å². The molecule has 0 unspecified atom stereocenters. The third-order valence-corrected chi connectivity index (χ3v) is 5.39. The summed E-state index contributed by atoms with van der Waals surface area (Å²) in [5.74, 6) is -0.122. The summed E-state index contributed by atoms with van der Waals surface area (Å²) in [5.41, 5.74) is 0.366. The van der Waals surface area contributed by atoms with E-state index in [-0.39, 0.29) is 10.8 Å². The van der Waals surface area contributed by atoms with Crippen LogP contribution in [0.2, 0.25) is 0 Å². The quantitative estimate of drug-likeness (QED) is 0.830. The van der Waals surface area contributed by atoms with Crippen molar-refractivity contribution in [1.29, 1.82) is 0 Å². The van der Waals surface area contributed by atoms with Crippen LogP contribution in [0.25, 0.3) is 0 Å². The molecule has 1 saturated carbocycles. The lowest BCUT2D eigenvalue weighted by atomic mass is 10.2. The SMILES string of the molecule is CCCCN(C(=O)c1ccc(Br)c(S(N)(=O)=O)c1)C1CC1. The number of carbonyl (C=O) groups excluding carboxylic acids is 1. The van der Waals surface area contributed by atoms with Crippen LogP contribution in [0.4, 0.5) is 0 Å². The molecule has 0 saturated heterocycles. The zero-order valence-corrected chi connectivity index (χ0v) is 14.3. The second kappa shape index (κ2) is 6.46. The van der Waals surface area contributed by atoms with Gasteiger partial charge in [0.15, 0.2) is 0 Å². The van der Waals surface area contributed by atoms with Gasteiger partial charge in [-0.25, -0.2) is 13.6 Å². The summed E-state index contributed by atoms with van der Waals surface area (Å²) in [6.45, 7) is 2.79. The van der Waals surface area contributed by atoms with Gasteiger partial charge in [0.2, 0.25) is 10.0 Å². The molecule has 2 rings (SSSR count). The van der Waals surface area contributed by atoms with Crippen molar-refractivity contribution in [2.45, 2.75) is 43.5 Å². The molecule has 5 nitrogen and oxygen atoms in total. The molecule has 1 aliphatic carbocycles. The Kier molecular flexibility index (Phi) is 5.06. The topological polar surface area (TPSA) is 80.5 Å². The first-order valence-corrected chi connectivity index (χ1v) is 9.32. The molecule has 1 fully saturated rings. The molecular weight excluding hydrogens is 356 g/mol. The number of nitrogens with zero attached hydrogens (tertiary/aromatic N) is 1. The first kappa shape index (κ1) is 16.5. The van der Waals surface area contributed by atoms with E-state index < -0.39 is 10.0 Å². The van der Waals surface area contributed by atoms with Gasteiger partial charge in [-0.05, 0) is 53.4 Å². The molecule has 1 aromatic carbocycles. The Bertz CT molecular complexity index is 642. The zero-order valence-electron chi connectivity index (χ0n) is 11.9. The third kappa shape index (κ3) is 4.05. The maximum Gasteiger partial charge on any atom is 0.254 e. The number of primary sulfonamides is 1. The lowest BCUT2D eigenvalue weighted by Crippen LogP contribution is -2.34. The molecule has 2 N–H and O–H groups in total. The molecule has 0 radical (unpaired) electrons. The van der Waals surface area contributed by atoms with Crippen LogP contribution < -0.4 is 5.14 Å². The number of hydrogen-bond acceptors (Lipinski definition) is 3. The maximum atomic E-state index is 12.6. The van der Waals surface area contributed by atoms with Gasteiger partial charge in [-0.2, -0.15) is 0 Å². The minimum absolute atomic E-state index is 0.0559. The van der Waals surface area contributed by atoms with Crippen LogP contribution in [0.3, 0.4) is 0 Å². The molecule has 0 atom stereocenters. The zero-order chi connectivity index (χ0) is 15.6. The summed E-state index contributed by atoms with van der Waals surface area (Å²) in [4.78, 5) is 14.4. The molecule has 116 valence electrons. The highest BCUT2D eigenvalue weighted by Gasteiger charge is 2.33. The number of hydrogen-bond donors (Lipinski definition) is 1. The van der Waals surface area contributed by atoms with Gasteiger partial charge < -0.3 is 4.90 Å². The Morgan fingerprint density at radius 3 is 2.62 bits per heavy atom. The van der Waals surface area contributed by atoms with E-state index in [0.29, 0.717) is 22.6 Å². The molecular formula is C14H19BrN2O3S. The monoisotopic (exact) mass is 374 g/mol. The first-order valence-electron chi connectivity index (χ1n) is 6.98. The number of unbranched alkanes of at least 4 members (excludes halogenated alkanes) is 1. The molecule has 1 aliphatic rings. The fourth-order valence-corrected chi connectivity index (χ4v) is 3.74. The van der Waals surface area contributed by atoms with Gasteiger partial charge in [0, 0.05) is 22.6 Å². The number of amides is 1. The second-order valence-electron chi connectivity index (χ2n) is 5.27. The van der Waals surface area contributed by atoms with Crippen molar-refractivity contribution in [2.75, 3.05) is 6.54 Å². The summed E-state index contributed by atoms with van der Waals surface area (Å²) in [6, 6.07) is 4.83. The molecule has 7 heteroatoms. The van der Waals surface area contributed by atoms with Crippen LogP contribution in [0.15, 0.2) is 27.6 Å². The number of halogens is 1. The molecule has 0 heterocycles. The minimum Gasteiger partial charge on any atom is -0.336 e. The number of carbonyl (C=O) groups is 1. The number of rotatable bonds is 6. The van der Waals surface area contributed by atoms with E-state index in [2.05, 4.69) is 22.9 Å². The smallest absolute Gasteiger partial charge is 0.254 e. The van der Waals surface area contributed by atoms with Crippen molar-refractivity contribution in [3.05, 3.63) is 28.2 Å². The predicted octanol–water partition coefficient (Wildman–Crippen LogP) is 2.50.